The topological polar surface area (TPSA) is 66.3 Å². The highest BCUT2D eigenvalue weighted by atomic mass is 16.3. The van der Waals surface area contributed by atoms with Crippen LogP contribution in [0.4, 0.5) is 0 Å². The summed E-state index contributed by atoms with van der Waals surface area (Å²) in [6.07, 6.45) is 3.66. The molecule has 0 bridgehead atoms. The summed E-state index contributed by atoms with van der Waals surface area (Å²) >= 11 is 0. The van der Waals surface area contributed by atoms with Crippen LogP contribution in [-0.2, 0) is 0 Å². The molecule has 4 rings (SSSR count). The zero-order valence-electron chi connectivity index (χ0n) is 16.1. The molecule has 2 aromatic carbocycles. The van der Waals surface area contributed by atoms with Crippen molar-refractivity contribution in [1.82, 2.24) is 14.9 Å². The molecule has 1 unspecified atom stereocenters. The summed E-state index contributed by atoms with van der Waals surface area (Å²) in [5.41, 5.74) is 4.82. The first-order chi connectivity index (χ1) is 13.5. The molecule has 0 aliphatic carbocycles. The number of phenols is 1. The molecule has 0 radical (unpaired) electrons. The fraction of sp³-hybridized carbons (Fsp3) is 0.261. The van der Waals surface area contributed by atoms with Crippen molar-refractivity contribution in [3.63, 3.8) is 0 Å². The third-order valence-corrected chi connectivity index (χ3v) is 5.38. The van der Waals surface area contributed by atoms with E-state index in [-0.39, 0.29) is 11.7 Å². The van der Waals surface area contributed by atoms with Crippen LogP contribution in [0.3, 0.4) is 0 Å². The lowest BCUT2D eigenvalue weighted by atomic mass is 10.0. The number of aromatic nitrogens is 2. The molecule has 5 nitrogen and oxygen atoms in total. The average Bonchev–Trinajstić information content (AvgIpc) is 3.15. The van der Waals surface area contributed by atoms with Crippen molar-refractivity contribution in [3.8, 4) is 28.3 Å². The fourth-order valence-corrected chi connectivity index (χ4v) is 3.70. The predicted molar refractivity (Wildman–Crippen MR) is 109 cm³/mol. The van der Waals surface area contributed by atoms with E-state index in [1.165, 1.54) is 6.33 Å². The van der Waals surface area contributed by atoms with E-state index in [2.05, 4.69) is 16.9 Å². The van der Waals surface area contributed by atoms with Crippen molar-refractivity contribution in [2.45, 2.75) is 32.7 Å². The second-order valence-electron chi connectivity index (χ2n) is 7.36. The van der Waals surface area contributed by atoms with Crippen LogP contribution in [0.1, 0.15) is 35.7 Å². The Labute approximate surface area is 164 Å². The van der Waals surface area contributed by atoms with Crippen molar-refractivity contribution in [1.29, 1.82) is 0 Å². The first kappa shape index (κ1) is 18.2. The maximum absolute atomic E-state index is 12.9. The van der Waals surface area contributed by atoms with Gasteiger partial charge in [0, 0.05) is 29.3 Å². The van der Waals surface area contributed by atoms with E-state index in [1.807, 2.05) is 54.3 Å². The van der Waals surface area contributed by atoms with Gasteiger partial charge in [-0.25, -0.2) is 9.97 Å². The van der Waals surface area contributed by atoms with Gasteiger partial charge in [-0.2, -0.15) is 0 Å². The van der Waals surface area contributed by atoms with E-state index in [4.69, 9.17) is 0 Å². The second kappa shape index (κ2) is 7.43. The molecule has 0 saturated carbocycles. The van der Waals surface area contributed by atoms with E-state index in [0.29, 0.717) is 11.6 Å². The summed E-state index contributed by atoms with van der Waals surface area (Å²) < 4.78 is 0. The number of aromatic hydroxyl groups is 1. The number of benzene rings is 2. The highest BCUT2D eigenvalue weighted by Crippen LogP contribution is 2.27. The van der Waals surface area contributed by atoms with Gasteiger partial charge >= 0.3 is 0 Å². The Bertz CT molecular complexity index is 1030. The summed E-state index contributed by atoms with van der Waals surface area (Å²) in [5.74, 6) is 0.343. The number of hydrogen-bond acceptors (Lipinski definition) is 4. The molecule has 1 aliphatic heterocycles. The maximum atomic E-state index is 12.9. The Hall–Kier alpha value is -3.21. The van der Waals surface area contributed by atoms with Crippen LogP contribution >= 0.6 is 0 Å². The zero-order chi connectivity index (χ0) is 19.7. The summed E-state index contributed by atoms with van der Waals surface area (Å²) in [4.78, 5) is 23.6. The molecule has 0 spiro atoms. The van der Waals surface area contributed by atoms with Crippen molar-refractivity contribution in [3.05, 3.63) is 66.0 Å². The van der Waals surface area contributed by atoms with E-state index in [1.54, 1.807) is 6.07 Å². The fourth-order valence-electron chi connectivity index (χ4n) is 3.70. The first-order valence-electron chi connectivity index (χ1n) is 9.56. The molecule has 1 saturated heterocycles. The van der Waals surface area contributed by atoms with Gasteiger partial charge in [0.1, 0.15) is 12.1 Å². The van der Waals surface area contributed by atoms with Crippen LogP contribution in [0.5, 0.6) is 5.75 Å². The maximum Gasteiger partial charge on any atom is 0.254 e. The van der Waals surface area contributed by atoms with E-state index in [9.17, 15) is 9.90 Å². The number of hydrogen-bond donors (Lipinski definition) is 1. The molecule has 5 heteroatoms. The molecule has 1 aliphatic rings. The van der Waals surface area contributed by atoms with Crippen LogP contribution in [0.25, 0.3) is 22.5 Å². The number of amides is 1. The van der Waals surface area contributed by atoms with Crippen LogP contribution in [0.2, 0.25) is 0 Å². The summed E-state index contributed by atoms with van der Waals surface area (Å²) in [5, 5.41) is 9.75. The normalized spacial score (nSPS) is 16.4. The molecule has 2 heterocycles. The molecule has 1 aromatic heterocycles. The van der Waals surface area contributed by atoms with Crippen molar-refractivity contribution in [2.24, 2.45) is 0 Å². The average molecular weight is 373 g/mol. The monoisotopic (exact) mass is 373 g/mol. The van der Waals surface area contributed by atoms with Gasteiger partial charge in [0.15, 0.2) is 0 Å². The molecule has 142 valence electrons. The number of rotatable bonds is 3. The molecular weight excluding hydrogens is 350 g/mol. The van der Waals surface area contributed by atoms with Crippen molar-refractivity contribution < 1.29 is 9.90 Å². The van der Waals surface area contributed by atoms with Gasteiger partial charge in [0.25, 0.3) is 5.91 Å². The van der Waals surface area contributed by atoms with Gasteiger partial charge in [-0.05, 0) is 68.7 Å². The van der Waals surface area contributed by atoms with E-state index in [0.717, 1.165) is 47.5 Å². The minimum atomic E-state index is 0.0790. The number of phenolic OH excluding ortho intramolecular Hbond substituents is 1. The largest absolute Gasteiger partial charge is 0.508 e. The molecule has 1 atom stereocenters. The minimum Gasteiger partial charge on any atom is -0.508 e. The van der Waals surface area contributed by atoms with E-state index >= 15 is 0 Å². The first-order valence-corrected chi connectivity index (χ1v) is 9.56. The molecular formula is C23H23N3O2. The number of nitrogens with zero attached hydrogens (tertiary/aromatic N) is 3. The number of aryl methyl sites for hydroxylation is 1. The lowest BCUT2D eigenvalue weighted by molar-refractivity contribution is 0.0747. The molecule has 1 N–H and O–H groups in total. The molecule has 28 heavy (non-hydrogen) atoms. The Morgan fingerprint density at radius 1 is 1.07 bits per heavy atom. The Balaban J connectivity index is 1.66. The number of carbonyl (C=O) groups excluding carboxylic acids is 1. The highest BCUT2D eigenvalue weighted by Gasteiger charge is 2.26. The lowest BCUT2D eigenvalue weighted by Gasteiger charge is -2.21. The Morgan fingerprint density at radius 3 is 2.50 bits per heavy atom. The highest BCUT2D eigenvalue weighted by molar-refractivity contribution is 5.95. The Kier molecular flexibility index (Phi) is 4.82. The van der Waals surface area contributed by atoms with Crippen LogP contribution in [0, 0.1) is 6.92 Å². The molecule has 1 amide bonds. The summed E-state index contributed by atoms with van der Waals surface area (Å²) in [6.45, 7) is 4.78. The number of likely N-dealkylation sites (tertiary alicyclic amines) is 1. The standard InChI is InChI=1S/C23H23N3O2/c1-15-11-18(8-9-22(15)27)21-13-20(24-14-25-21)17-6-3-7-19(12-17)23(28)26-10-4-5-16(26)2/h3,6-9,11-14,16,27H,4-5,10H2,1-2H3. The van der Waals surface area contributed by atoms with Crippen LogP contribution < -0.4 is 0 Å². The summed E-state index contributed by atoms with van der Waals surface area (Å²) in [7, 11) is 0. The number of carbonyl (C=O) groups is 1. The molecule has 3 aromatic rings. The minimum absolute atomic E-state index is 0.0790. The SMILES string of the molecule is Cc1cc(-c2cc(-c3cccc(C(=O)N4CCCC4C)c3)ncn2)ccc1O. The van der Waals surface area contributed by atoms with Crippen molar-refractivity contribution >= 4 is 5.91 Å². The van der Waals surface area contributed by atoms with Crippen LogP contribution in [0.15, 0.2) is 54.9 Å². The van der Waals surface area contributed by atoms with Gasteiger partial charge in [-0.15, -0.1) is 0 Å². The van der Waals surface area contributed by atoms with E-state index < -0.39 is 0 Å². The van der Waals surface area contributed by atoms with Gasteiger partial charge < -0.3 is 10.0 Å². The van der Waals surface area contributed by atoms with Gasteiger partial charge in [-0.3, -0.25) is 4.79 Å². The van der Waals surface area contributed by atoms with Gasteiger partial charge in [0.05, 0.1) is 11.4 Å². The Morgan fingerprint density at radius 2 is 1.82 bits per heavy atom. The quantitative estimate of drug-likeness (QED) is 0.737. The lowest BCUT2D eigenvalue weighted by Crippen LogP contribution is -2.33. The smallest absolute Gasteiger partial charge is 0.254 e. The predicted octanol–water partition coefficient (Wildman–Crippen LogP) is 4.45. The van der Waals surface area contributed by atoms with Gasteiger partial charge in [0.2, 0.25) is 0 Å². The summed E-state index contributed by atoms with van der Waals surface area (Å²) in [6, 6.07) is 15.2. The molecule has 1 fully saturated rings. The third kappa shape index (κ3) is 3.48. The van der Waals surface area contributed by atoms with Gasteiger partial charge in [-0.1, -0.05) is 12.1 Å². The zero-order valence-corrected chi connectivity index (χ0v) is 16.1. The third-order valence-electron chi connectivity index (χ3n) is 5.38. The van der Waals surface area contributed by atoms with Crippen molar-refractivity contribution in [2.75, 3.05) is 6.54 Å². The van der Waals surface area contributed by atoms with Crippen LogP contribution in [-0.4, -0.2) is 38.5 Å². The second-order valence-corrected chi connectivity index (χ2v) is 7.36.